The van der Waals surface area contributed by atoms with Gasteiger partial charge in [-0.2, -0.15) is 9.49 Å². The van der Waals surface area contributed by atoms with Gasteiger partial charge in [-0.05, 0) is 36.5 Å². The lowest BCUT2D eigenvalue weighted by Gasteiger charge is -2.25. The van der Waals surface area contributed by atoms with Gasteiger partial charge in [0.2, 0.25) is 11.9 Å². The standard InChI is InChI=1S/C20H21FN4O/c1-11(2)14-5-6-15(24-18(14)21)17(20(7-8-20)19(22)26)12-3-4-13-10-23-25-16(13)9-12/h3-6,9-11,17H,7-8H2,1-2H3,(H2,22,26)(H,23,25). The topological polar surface area (TPSA) is 84.7 Å². The number of fused-ring (bicyclic) bond motifs is 1. The number of rotatable bonds is 5. The molecular formula is C20H21FN4O. The highest BCUT2D eigenvalue weighted by Gasteiger charge is 2.56. The number of aromatic nitrogens is 3. The van der Waals surface area contributed by atoms with Crippen molar-refractivity contribution < 1.29 is 9.18 Å². The molecule has 2 aromatic heterocycles. The Morgan fingerprint density at radius 2 is 2.04 bits per heavy atom. The fourth-order valence-electron chi connectivity index (χ4n) is 3.77. The normalized spacial score (nSPS) is 16.8. The summed E-state index contributed by atoms with van der Waals surface area (Å²) in [5.74, 6) is -1.17. The molecule has 6 heteroatoms. The molecule has 2 heterocycles. The first-order valence-electron chi connectivity index (χ1n) is 8.81. The largest absolute Gasteiger partial charge is 0.369 e. The molecule has 1 aliphatic carbocycles. The maximum atomic E-state index is 14.5. The van der Waals surface area contributed by atoms with Gasteiger partial charge in [0, 0.05) is 16.9 Å². The minimum atomic E-state index is -0.702. The Kier molecular flexibility index (Phi) is 3.79. The van der Waals surface area contributed by atoms with E-state index in [1.807, 2.05) is 38.1 Å². The van der Waals surface area contributed by atoms with Crippen molar-refractivity contribution >= 4 is 16.8 Å². The second kappa shape index (κ2) is 5.90. The van der Waals surface area contributed by atoms with Crippen LogP contribution in [0.3, 0.4) is 0 Å². The summed E-state index contributed by atoms with van der Waals surface area (Å²) in [6.45, 7) is 3.85. The molecule has 0 bridgehead atoms. The molecule has 1 saturated carbocycles. The van der Waals surface area contributed by atoms with E-state index >= 15 is 0 Å². The van der Waals surface area contributed by atoms with Crippen LogP contribution in [0.1, 0.15) is 55.3 Å². The number of H-pyrrole nitrogens is 1. The molecule has 134 valence electrons. The van der Waals surface area contributed by atoms with Crippen LogP contribution >= 0.6 is 0 Å². The van der Waals surface area contributed by atoms with Crippen LogP contribution in [0.15, 0.2) is 36.5 Å². The Bertz CT molecular complexity index is 990. The van der Waals surface area contributed by atoms with Crippen molar-refractivity contribution in [3.8, 4) is 0 Å². The molecule has 1 amide bonds. The fourth-order valence-corrected chi connectivity index (χ4v) is 3.77. The summed E-state index contributed by atoms with van der Waals surface area (Å²) in [6.07, 6.45) is 3.11. The summed E-state index contributed by atoms with van der Waals surface area (Å²) in [7, 11) is 0. The van der Waals surface area contributed by atoms with Gasteiger partial charge in [-0.25, -0.2) is 4.98 Å². The molecule has 26 heavy (non-hydrogen) atoms. The molecule has 3 N–H and O–H groups in total. The number of nitrogens with two attached hydrogens (primary N) is 1. The summed E-state index contributed by atoms with van der Waals surface area (Å²) in [4.78, 5) is 16.5. The van der Waals surface area contributed by atoms with Crippen LogP contribution < -0.4 is 5.73 Å². The highest BCUT2D eigenvalue weighted by molar-refractivity contribution is 5.86. The second-order valence-electron chi connectivity index (χ2n) is 7.44. The number of benzene rings is 1. The Labute approximate surface area is 150 Å². The van der Waals surface area contributed by atoms with E-state index in [1.54, 1.807) is 12.3 Å². The number of hydrogen-bond acceptors (Lipinski definition) is 3. The van der Waals surface area contributed by atoms with Crippen LogP contribution in [-0.4, -0.2) is 21.1 Å². The van der Waals surface area contributed by atoms with E-state index in [-0.39, 0.29) is 17.7 Å². The molecule has 0 saturated heterocycles. The summed E-state index contributed by atoms with van der Waals surface area (Å²) in [5.41, 5.74) is 7.91. The number of halogens is 1. The van der Waals surface area contributed by atoms with Gasteiger partial charge in [-0.3, -0.25) is 9.89 Å². The van der Waals surface area contributed by atoms with Crippen molar-refractivity contribution in [1.29, 1.82) is 0 Å². The number of carbonyl (C=O) groups is 1. The number of aromatic amines is 1. The molecule has 0 spiro atoms. The van der Waals surface area contributed by atoms with Gasteiger partial charge in [0.15, 0.2) is 0 Å². The maximum Gasteiger partial charge on any atom is 0.224 e. The molecule has 5 nitrogen and oxygen atoms in total. The van der Waals surface area contributed by atoms with E-state index in [4.69, 9.17) is 5.73 Å². The van der Waals surface area contributed by atoms with E-state index in [0.29, 0.717) is 24.1 Å². The van der Waals surface area contributed by atoms with Gasteiger partial charge in [-0.1, -0.05) is 32.0 Å². The van der Waals surface area contributed by atoms with Crippen molar-refractivity contribution in [2.24, 2.45) is 11.1 Å². The van der Waals surface area contributed by atoms with Crippen molar-refractivity contribution in [2.45, 2.75) is 38.5 Å². The predicted molar refractivity (Wildman–Crippen MR) is 97.1 cm³/mol. The number of nitrogens with zero attached hydrogens (tertiary/aromatic N) is 2. The van der Waals surface area contributed by atoms with Crippen LogP contribution in [0.25, 0.3) is 10.9 Å². The lowest BCUT2D eigenvalue weighted by Crippen LogP contribution is -2.32. The SMILES string of the molecule is CC(C)c1ccc(C(c2ccc3cn[nH]c3c2)C2(C(N)=O)CC2)nc1F. The van der Waals surface area contributed by atoms with E-state index < -0.39 is 11.4 Å². The first-order valence-corrected chi connectivity index (χ1v) is 8.81. The number of hydrogen-bond donors (Lipinski definition) is 2. The Balaban J connectivity index is 1.86. The van der Waals surface area contributed by atoms with Gasteiger partial charge in [-0.15, -0.1) is 0 Å². The average molecular weight is 352 g/mol. The zero-order chi connectivity index (χ0) is 18.5. The van der Waals surface area contributed by atoms with Crippen molar-refractivity contribution in [1.82, 2.24) is 15.2 Å². The first kappa shape index (κ1) is 16.7. The van der Waals surface area contributed by atoms with Crippen LogP contribution in [0.5, 0.6) is 0 Å². The molecule has 1 unspecified atom stereocenters. The smallest absolute Gasteiger partial charge is 0.224 e. The van der Waals surface area contributed by atoms with Gasteiger partial charge in [0.1, 0.15) is 0 Å². The van der Waals surface area contributed by atoms with Gasteiger partial charge in [0.25, 0.3) is 0 Å². The summed E-state index contributed by atoms with van der Waals surface area (Å²) >= 11 is 0. The first-order chi connectivity index (χ1) is 12.4. The Hall–Kier alpha value is -2.76. The average Bonchev–Trinajstić information content (AvgIpc) is 3.25. The molecule has 0 radical (unpaired) electrons. The molecule has 4 rings (SSSR count). The number of nitrogens with one attached hydrogen (secondary N) is 1. The quantitative estimate of drug-likeness (QED) is 0.688. The summed E-state index contributed by atoms with van der Waals surface area (Å²) in [5, 5.41) is 7.96. The number of carbonyl (C=O) groups excluding carboxylic acids is 1. The fraction of sp³-hybridized carbons (Fsp3) is 0.350. The van der Waals surface area contributed by atoms with Gasteiger partial charge >= 0.3 is 0 Å². The van der Waals surface area contributed by atoms with E-state index in [1.165, 1.54) is 0 Å². The molecular weight excluding hydrogens is 331 g/mol. The predicted octanol–water partition coefficient (Wildman–Crippen LogP) is 3.62. The third-order valence-corrected chi connectivity index (χ3v) is 5.45. The summed E-state index contributed by atoms with van der Waals surface area (Å²) in [6, 6.07) is 9.43. The lowest BCUT2D eigenvalue weighted by atomic mass is 9.79. The van der Waals surface area contributed by atoms with Crippen molar-refractivity contribution in [3.63, 3.8) is 0 Å². The molecule has 1 fully saturated rings. The van der Waals surface area contributed by atoms with Crippen LogP contribution in [0.2, 0.25) is 0 Å². The third-order valence-electron chi connectivity index (χ3n) is 5.45. The molecule has 0 aliphatic heterocycles. The summed E-state index contributed by atoms with van der Waals surface area (Å²) < 4.78 is 14.5. The van der Waals surface area contributed by atoms with Crippen LogP contribution in [0, 0.1) is 11.4 Å². The second-order valence-corrected chi connectivity index (χ2v) is 7.44. The minimum Gasteiger partial charge on any atom is -0.369 e. The Morgan fingerprint density at radius 3 is 2.65 bits per heavy atom. The zero-order valence-electron chi connectivity index (χ0n) is 14.8. The zero-order valence-corrected chi connectivity index (χ0v) is 14.8. The minimum absolute atomic E-state index is 0.0439. The number of primary amides is 1. The van der Waals surface area contributed by atoms with Gasteiger partial charge < -0.3 is 5.73 Å². The van der Waals surface area contributed by atoms with Crippen molar-refractivity contribution in [2.75, 3.05) is 0 Å². The third kappa shape index (κ3) is 2.57. The maximum absolute atomic E-state index is 14.5. The Morgan fingerprint density at radius 1 is 1.27 bits per heavy atom. The molecule has 3 aromatic rings. The van der Waals surface area contributed by atoms with Crippen LogP contribution in [-0.2, 0) is 4.79 Å². The lowest BCUT2D eigenvalue weighted by molar-refractivity contribution is -0.123. The molecule has 1 atom stereocenters. The highest BCUT2D eigenvalue weighted by atomic mass is 19.1. The number of amides is 1. The molecule has 1 aromatic carbocycles. The van der Waals surface area contributed by atoms with E-state index in [9.17, 15) is 9.18 Å². The van der Waals surface area contributed by atoms with Gasteiger partial charge in [0.05, 0.1) is 22.8 Å². The van der Waals surface area contributed by atoms with E-state index in [0.717, 1.165) is 16.5 Å². The van der Waals surface area contributed by atoms with Crippen molar-refractivity contribution in [3.05, 3.63) is 59.3 Å². The van der Waals surface area contributed by atoms with Crippen LogP contribution in [0.4, 0.5) is 4.39 Å². The van der Waals surface area contributed by atoms with E-state index in [2.05, 4.69) is 15.2 Å². The monoisotopic (exact) mass is 352 g/mol. The molecule has 1 aliphatic rings. The highest BCUT2D eigenvalue weighted by Crippen LogP contribution is 2.58. The number of pyridine rings is 1.